The van der Waals surface area contributed by atoms with Crippen molar-refractivity contribution in [3.05, 3.63) is 0 Å². The fourth-order valence-electron chi connectivity index (χ4n) is 0.907. The van der Waals surface area contributed by atoms with Gasteiger partial charge in [-0.1, -0.05) is 0 Å². The van der Waals surface area contributed by atoms with Crippen LogP contribution in [0, 0.1) is 0 Å². The Balaban J connectivity index is 2.19. The number of hydrogen-bond donors (Lipinski definition) is 1. The van der Waals surface area contributed by atoms with Crippen LogP contribution in [0.4, 0.5) is 0 Å². The van der Waals surface area contributed by atoms with Gasteiger partial charge in [-0.3, -0.25) is 4.90 Å². The van der Waals surface area contributed by atoms with E-state index in [-0.39, 0.29) is 0 Å². The first-order chi connectivity index (χ1) is 3.79. The van der Waals surface area contributed by atoms with Crippen LogP contribution >= 0.6 is 0 Å². The molecule has 1 heterocycles. The van der Waals surface area contributed by atoms with E-state index >= 15 is 0 Å². The molecule has 1 atom stereocenters. The van der Waals surface area contributed by atoms with Gasteiger partial charge in [0.2, 0.25) is 0 Å². The van der Waals surface area contributed by atoms with Crippen LogP contribution in [-0.2, 0) is 0 Å². The fourth-order valence-corrected chi connectivity index (χ4v) is 0.907. The third-order valence-electron chi connectivity index (χ3n) is 1.65. The Labute approximate surface area is 50.9 Å². The molecule has 0 aromatic rings. The average Bonchev–Trinajstić information content (AvgIpc) is 1.77. The van der Waals surface area contributed by atoms with Gasteiger partial charge in [-0.2, -0.15) is 0 Å². The zero-order chi connectivity index (χ0) is 5.98. The van der Waals surface area contributed by atoms with E-state index < -0.39 is 0 Å². The van der Waals surface area contributed by atoms with Crippen molar-refractivity contribution in [2.75, 3.05) is 20.3 Å². The fraction of sp³-hybridized carbons (Fsp3) is 1.00. The summed E-state index contributed by atoms with van der Waals surface area (Å²) in [6.07, 6.45) is 1.29. The maximum Gasteiger partial charge on any atom is 0.0479 e. The molecular weight excluding hydrogens is 100 g/mol. The summed E-state index contributed by atoms with van der Waals surface area (Å²) in [5.74, 6) is 0. The highest BCUT2D eigenvalue weighted by Crippen LogP contribution is 1.98. The molecule has 0 amide bonds. The Bertz CT molecular complexity index is 54.9. The van der Waals surface area contributed by atoms with E-state index in [0.717, 1.165) is 12.7 Å². The van der Waals surface area contributed by atoms with Crippen molar-refractivity contribution >= 4 is 0 Å². The molecular formula is C6H14N2. The SMILES string of the molecule is CC1CCN(C)CN1. The highest BCUT2D eigenvalue weighted by atomic mass is 15.2. The molecule has 1 fully saturated rings. The standard InChI is InChI=1S/C6H14N2/c1-6-3-4-8(2)5-7-6/h6-7H,3-5H2,1-2H3. The molecule has 2 nitrogen and oxygen atoms in total. The van der Waals surface area contributed by atoms with Gasteiger partial charge in [0.1, 0.15) is 0 Å². The van der Waals surface area contributed by atoms with Crippen LogP contribution in [0.15, 0.2) is 0 Å². The molecule has 0 saturated carbocycles. The second-order valence-electron chi connectivity index (χ2n) is 2.63. The highest BCUT2D eigenvalue weighted by molar-refractivity contribution is 4.67. The van der Waals surface area contributed by atoms with Gasteiger partial charge in [0.25, 0.3) is 0 Å². The van der Waals surface area contributed by atoms with Gasteiger partial charge in [0, 0.05) is 19.3 Å². The summed E-state index contributed by atoms with van der Waals surface area (Å²) in [5, 5.41) is 3.36. The normalized spacial score (nSPS) is 33.0. The third kappa shape index (κ3) is 1.46. The van der Waals surface area contributed by atoms with Crippen molar-refractivity contribution < 1.29 is 0 Å². The lowest BCUT2D eigenvalue weighted by molar-refractivity contribution is 0.226. The molecule has 1 saturated heterocycles. The maximum absolute atomic E-state index is 3.36. The first-order valence-electron chi connectivity index (χ1n) is 3.21. The van der Waals surface area contributed by atoms with Gasteiger partial charge in [-0.05, 0) is 20.4 Å². The first kappa shape index (κ1) is 6.05. The van der Waals surface area contributed by atoms with Gasteiger partial charge >= 0.3 is 0 Å². The van der Waals surface area contributed by atoms with Crippen LogP contribution < -0.4 is 5.32 Å². The third-order valence-corrected chi connectivity index (χ3v) is 1.65. The molecule has 2 heteroatoms. The Kier molecular flexibility index (Phi) is 1.86. The minimum absolute atomic E-state index is 0.728. The summed E-state index contributed by atoms with van der Waals surface area (Å²) in [7, 11) is 2.14. The molecule has 0 aromatic heterocycles. The predicted molar refractivity (Wildman–Crippen MR) is 34.7 cm³/mol. The van der Waals surface area contributed by atoms with Crippen molar-refractivity contribution in [3.8, 4) is 0 Å². The Morgan fingerprint density at radius 2 is 2.38 bits per heavy atom. The molecule has 8 heavy (non-hydrogen) atoms. The van der Waals surface area contributed by atoms with Gasteiger partial charge < -0.3 is 5.32 Å². The molecule has 1 N–H and O–H groups in total. The molecule has 0 radical (unpaired) electrons. The number of nitrogens with one attached hydrogen (secondary N) is 1. The second kappa shape index (κ2) is 2.46. The summed E-state index contributed by atoms with van der Waals surface area (Å²) in [6, 6.07) is 0.728. The van der Waals surface area contributed by atoms with Crippen LogP contribution in [0.25, 0.3) is 0 Å². The smallest absolute Gasteiger partial charge is 0.0479 e. The Hall–Kier alpha value is -0.0800. The van der Waals surface area contributed by atoms with Crippen molar-refractivity contribution in [1.29, 1.82) is 0 Å². The van der Waals surface area contributed by atoms with E-state index in [2.05, 4.69) is 24.2 Å². The van der Waals surface area contributed by atoms with E-state index in [1.165, 1.54) is 13.0 Å². The number of rotatable bonds is 0. The number of hydrogen-bond acceptors (Lipinski definition) is 2. The van der Waals surface area contributed by atoms with E-state index in [4.69, 9.17) is 0 Å². The quantitative estimate of drug-likeness (QED) is 0.486. The van der Waals surface area contributed by atoms with E-state index in [1.807, 2.05) is 0 Å². The van der Waals surface area contributed by atoms with Crippen molar-refractivity contribution in [3.63, 3.8) is 0 Å². The topological polar surface area (TPSA) is 15.3 Å². The summed E-state index contributed by atoms with van der Waals surface area (Å²) >= 11 is 0. The van der Waals surface area contributed by atoms with Gasteiger partial charge in [0.15, 0.2) is 0 Å². The summed E-state index contributed by atoms with van der Waals surface area (Å²) in [6.45, 7) is 4.53. The van der Waals surface area contributed by atoms with Gasteiger partial charge in [-0.25, -0.2) is 0 Å². The predicted octanol–water partition coefficient (Wildman–Crippen LogP) is 0.258. The molecule has 0 aromatic carbocycles. The molecule has 1 aliphatic heterocycles. The van der Waals surface area contributed by atoms with Gasteiger partial charge in [0.05, 0.1) is 0 Å². The van der Waals surface area contributed by atoms with E-state index in [0.29, 0.717) is 0 Å². The number of nitrogens with zero attached hydrogens (tertiary/aromatic N) is 1. The molecule has 1 aliphatic rings. The molecule has 1 rings (SSSR count). The van der Waals surface area contributed by atoms with Crippen molar-refractivity contribution in [2.24, 2.45) is 0 Å². The highest BCUT2D eigenvalue weighted by Gasteiger charge is 2.09. The van der Waals surface area contributed by atoms with Crippen LogP contribution in [0.5, 0.6) is 0 Å². The minimum Gasteiger partial charge on any atom is -0.302 e. The molecule has 1 unspecified atom stereocenters. The van der Waals surface area contributed by atoms with Crippen LogP contribution in [0.3, 0.4) is 0 Å². The summed E-state index contributed by atoms with van der Waals surface area (Å²) < 4.78 is 0. The Morgan fingerprint density at radius 3 is 2.75 bits per heavy atom. The van der Waals surface area contributed by atoms with E-state index in [1.54, 1.807) is 0 Å². The second-order valence-corrected chi connectivity index (χ2v) is 2.63. The average molecular weight is 114 g/mol. The Morgan fingerprint density at radius 1 is 1.62 bits per heavy atom. The largest absolute Gasteiger partial charge is 0.302 e. The van der Waals surface area contributed by atoms with Crippen molar-refractivity contribution in [1.82, 2.24) is 10.2 Å². The lowest BCUT2D eigenvalue weighted by Crippen LogP contribution is -2.44. The van der Waals surface area contributed by atoms with Crippen molar-refractivity contribution in [2.45, 2.75) is 19.4 Å². The monoisotopic (exact) mass is 114 g/mol. The van der Waals surface area contributed by atoms with E-state index in [9.17, 15) is 0 Å². The van der Waals surface area contributed by atoms with Crippen LogP contribution in [-0.4, -0.2) is 31.2 Å². The summed E-state index contributed by atoms with van der Waals surface area (Å²) in [4.78, 5) is 2.29. The molecule has 0 spiro atoms. The molecule has 48 valence electrons. The van der Waals surface area contributed by atoms with Crippen LogP contribution in [0.2, 0.25) is 0 Å². The first-order valence-corrected chi connectivity index (χ1v) is 3.21. The van der Waals surface area contributed by atoms with Crippen LogP contribution in [0.1, 0.15) is 13.3 Å². The summed E-state index contributed by atoms with van der Waals surface area (Å²) in [5.41, 5.74) is 0. The molecule has 0 bridgehead atoms. The minimum atomic E-state index is 0.728. The zero-order valence-electron chi connectivity index (χ0n) is 5.65. The lowest BCUT2D eigenvalue weighted by atomic mass is 10.2. The molecule has 0 aliphatic carbocycles. The van der Waals surface area contributed by atoms with Gasteiger partial charge in [-0.15, -0.1) is 0 Å². The lowest BCUT2D eigenvalue weighted by Gasteiger charge is -2.27. The zero-order valence-corrected chi connectivity index (χ0v) is 5.65. The maximum atomic E-state index is 3.36.